The Hall–Kier alpha value is -2.66. The molecule has 3 aliphatic heterocycles. The first kappa shape index (κ1) is 25.4. The Balaban J connectivity index is 0.00000289. The highest BCUT2D eigenvalue weighted by molar-refractivity contribution is 7.08. The van der Waals surface area contributed by atoms with Gasteiger partial charge in [0.1, 0.15) is 6.54 Å². The van der Waals surface area contributed by atoms with Gasteiger partial charge in [0.2, 0.25) is 11.5 Å². The second-order valence-electron chi connectivity index (χ2n) is 9.12. The molecule has 5 heterocycles. The fourth-order valence-corrected chi connectivity index (χ4v) is 5.88. The normalized spacial score (nSPS) is 24.6. The zero-order chi connectivity index (χ0) is 23.6. The molecule has 1 amide bonds. The van der Waals surface area contributed by atoms with Gasteiger partial charge in [0.05, 0.1) is 13.1 Å². The summed E-state index contributed by atoms with van der Waals surface area (Å²) >= 11 is 1.42. The number of nitrogens with one attached hydrogen (secondary N) is 1. The zero-order valence-corrected chi connectivity index (χ0v) is 21.5. The van der Waals surface area contributed by atoms with Gasteiger partial charge in [-0.2, -0.15) is 11.3 Å². The number of carbonyl (C=O) groups is 2. The minimum atomic E-state index is -1.87. The molecule has 184 valence electrons. The number of hydrogen-bond donors (Lipinski definition) is 2. The summed E-state index contributed by atoms with van der Waals surface area (Å²) in [5, 5.41) is 18.0. The molecule has 1 aromatic carbocycles. The molecule has 3 aliphatic rings. The fourth-order valence-electron chi connectivity index (χ4n) is 5.18. The van der Waals surface area contributed by atoms with Crippen LogP contribution in [0.4, 0.5) is 5.95 Å². The molecule has 6 rings (SSSR count). The zero-order valence-electron chi connectivity index (χ0n) is 19.0. The highest BCUT2D eigenvalue weighted by atomic mass is 79.9. The van der Waals surface area contributed by atoms with Crippen LogP contribution in [0.3, 0.4) is 0 Å². The van der Waals surface area contributed by atoms with E-state index in [0.717, 1.165) is 25.9 Å². The number of esters is 1. The van der Waals surface area contributed by atoms with Crippen LogP contribution < -0.4 is 22.3 Å². The van der Waals surface area contributed by atoms with Gasteiger partial charge < -0.3 is 31.3 Å². The number of fused-ring (bicyclic) bond motifs is 3. The number of amides is 1. The topological polar surface area (TPSA) is 101 Å². The third kappa shape index (κ3) is 5.16. The molecule has 0 spiro atoms. The van der Waals surface area contributed by atoms with Crippen molar-refractivity contribution < 1.29 is 40.9 Å². The van der Waals surface area contributed by atoms with E-state index >= 15 is 0 Å². The van der Waals surface area contributed by atoms with Crippen molar-refractivity contribution in [3.05, 3.63) is 76.7 Å². The molecule has 0 aliphatic carbocycles. The maximum absolute atomic E-state index is 13.5. The number of benzene rings is 1. The molecule has 35 heavy (non-hydrogen) atoms. The van der Waals surface area contributed by atoms with Crippen molar-refractivity contribution in [1.82, 2.24) is 9.97 Å². The Morgan fingerprint density at radius 3 is 2.46 bits per heavy atom. The highest BCUT2D eigenvalue weighted by Gasteiger charge is 2.51. The van der Waals surface area contributed by atoms with Crippen molar-refractivity contribution in [2.24, 2.45) is 5.92 Å². The molecular formula is C25H27BrN4O4S. The maximum Gasteiger partial charge on any atom is 0.348 e. The van der Waals surface area contributed by atoms with E-state index in [4.69, 9.17) is 4.74 Å². The number of anilines is 1. The first-order valence-corrected chi connectivity index (χ1v) is 12.4. The number of aliphatic hydroxyl groups is 1. The van der Waals surface area contributed by atoms with Crippen LogP contribution in [0.25, 0.3) is 0 Å². The molecule has 1 unspecified atom stereocenters. The minimum Gasteiger partial charge on any atom is -1.00 e. The molecule has 0 radical (unpaired) electrons. The van der Waals surface area contributed by atoms with E-state index in [0.29, 0.717) is 22.2 Å². The lowest BCUT2D eigenvalue weighted by Crippen LogP contribution is -3.00. The molecule has 2 atom stereocenters. The SMILES string of the molecule is O=C(C[N+]12CCC(CC1)[C@@H](OC(=O)C(O)(c1ccccc1)c1ccsc1)C2)Nc1ncccn1.[Br-]. The molecule has 3 fully saturated rings. The largest absolute Gasteiger partial charge is 1.00 e. The number of aromatic nitrogens is 2. The van der Waals surface area contributed by atoms with Crippen LogP contribution in [0.1, 0.15) is 24.0 Å². The van der Waals surface area contributed by atoms with Gasteiger partial charge in [-0.15, -0.1) is 0 Å². The number of halogens is 1. The van der Waals surface area contributed by atoms with Crippen LogP contribution in [0.5, 0.6) is 0 Å². The van der Waals surface area contributed by atoms with Crippen molar-refractivity contribution in [3.8, 4) is 0 Å². The summed E-state index contributed by atoms with van der Waals surface area (Å²) in [6.07, 6.45) is 4.55. The van der Waals surface area contributed by atoms with Gasteiger partial charge in [0.25, 0.3) is 5.91 Å². The van der Waals surface area contributed by atoms with Gasteiger partial charge in [0.15, 0.2) is 12.6 Å². The second-order valence-corrected chi connectivity index (χ2v) is 9.90. The van der Waals surface area contributed by atoms with E-state index in [-0.39, 0.29) is 47.4 Å². The maximum atomic E-state index is 13.5. The lowest BCUT2D eigenvalue weighted by molar-refractivity contribution is -0.939. The molecule has 2 aromatic heterocycles. The summed E-state index contributed by atoms with van der Waals surface area (Å²) in [7, 11) is 0. The van der Waals surface area contributed by atoms with E-state index < -0.39 is 11.6 Å². The van der Waals surface area contributed by atoms with Gasteiger partial charge in [0, 0.05) is 36.7 Å². The molecule has 3 aromatic rings. The van der Waals surface area contributed by atoms with Crippen LogP contribution >= 0.6 is 11.3 Å². The number of rotatable bonds is 7. The van der Waals surface area contributed by atoms with Crippen LogP contribution in [-0.2, 0) is 19.9 Å². The van der Waals surface area contributed by atoms with E-state index in [9.17, 15) is 14.7 Å². The molecule has 10 heteroatoms. The molecule has 0 saturated carbocycles. The Morgan fingerprint density at radius 2 is 1.80 bits per heavy atom. The molecular weight excluding hydrogens is 532 g/mol. The number of nitrogens with zero attached hydrogens (tertiary/aromatic N) is 3. The third-order valence-electron chi connectivity index (χ3n) is 7.02. The van der Waals surface area contributed by atoms with Crippen molar-refractivity contribution in [2.45, 2.75) is 24.5 Å². The number of ether oxygens (including phenoxy) is 1. The lowest BCUT2D eigenvalue weighted by atomic mass is 9.82. The monoisotopic (exact) mass is 558 g/mol. The average molecular weight is 559 g/mol. The summed E-state index contributed by atoms with van der Waals surface area (Å²) in [4.78, 5) is 34.4. The number of piperidine rings is 3. The lowest BCUT2D eigenvalue weighted by Gasteiger charge is -2.51. The average Bonchev–Trinajstić information content (AvgIpc) is 3.40. The van der Waals surface area contributed by atoms with E-state index in [2.05, 4.69) is 15.3 Å². The molecule has 3 saturated heterocycles. The van der Waals surface area contributed by atoms with Gasteiger partial charge >= 0.3 is 5.97 Å². The quantitative estimate of drug-likeness (QED) is 0.301. The van der Waals surface area contributed by atoms with E-state index in [1.54, 1.807) is 54.2 Å². The Bertz CT molecular complexity index is 1140. The highest BCUT2D eigenvalue weighted by Crippen LogP contribution is 2.38. The summed E-state index contributed by atoms with van der Waals surface area (Å²) in [5.41, 5.74) is -0.896. The summed E-state index contributed by atoms with van der Waals surface area (Å²) in [5.74, 6) is -0.317. The predicted molar refractivity (Wildman–Crippen MR) is 127 cm³/mol. The van der Waals surface area contributed by atoms with Crippen LogP contribution in [0.15, 0.2) is 65.6 Å². The summed E-state index contributed by atoms with van der Waals surface area (Å²) in [6.45, 7) is 2.53. The van der Waals surface area contributed by atoms with Gasteiger partial charge in [-0.25, -0.2) is 14.8 Å². The Labute approximate surface area is 218 Å². The third-order valence-corrected chi connectivity index (χ3v) is 7.71. The van der Waals surface area contributed by atoms with Crippen LogP contribution in [0.2, 0.25) is 0 Å². The Morgan fingerprint density at radius 1 is 1.09 bits per heavy atom. The van der Waals surface area contributed by atoms with E-state index in [1.807, 2.05) is 11.4 Å². The van der Waals surface area contributed by atoms with Crippen molar-refractivity contribution in [3.63, 3.8) is 0 Å². The van der Waals surface area contributed by atoms with Crippen molar-refractivity contribution in [1.29, 1.82) is 0 Å². The van der Waals surface area contributed by atoms with Crippen LogP contribution in [0, 0.1) is 5.92 Å². The number of carbonyl (C=O) groups excluding carboxylic acids is 2. The first-order chi connectivity index (χ1) is 16.5. The smallest absolute Gasteiger partial charge is 0.348 e. The van der Waals surface area contributed by atoms with Crippen LogP contribution in [-0.4, -0.2) is 63.7 Å². The predicted octanol–water partition coefficient (Wildman–Crippen LogP) is -0.431. The molecule has 2 bridgehead atoms. The number of hydrogen-bond acceptors (Lipinski definition) is 7. The summed E-state index contributed by atoms with van der Waals surface area (Å²) < 4.78 is 6.59. The fraction of sp³-hybridized carbons (Fsp3) is 0.360. The first-order valence-electron chi connectivity index (χ1n) is 11.4. The van der Waals surface area contributed by atoms with Crippen molar-refractivity contribution >= 4 is 29.2 Å². The van der Waals surface area contributed by atoms with Gasteiger partial charge in [-0.05, 0) is 28.5 Å². The second kappa shape index (κ2) is 10.5. The summed E-state index contributed by atoms with van der Waals surface area (Å²) in [6, 6.07) is 12.3. The minimum absolute atomic E-state index is 0. The molecule has 8 nitrogen and oxygen atoms in total. The van der Waals surface area contributed by atoms with Gasteiger partial charge in [-0.1, -0.05) is 30.3 Å². The standard InChI is InChI=1S/C25H26N4O4S.BrH/c30-22(28-24-26-10-4-11-27-24)16-29-12-7-18(8-13-29)21(15-29)33-23(31)25(32,20-9-14-34-17-20)19-5-2-1-3-6-19;/h1-6,9-11,14,17-18,21,32H,7-8,12-13,15-16H2;1H/t18?,21-,25?,29?;/m0./s1. The van der Waals surface area contributed by atoms with Gasteiger partial charge in [-0.3, -0.25) is 10.1 Å². The number of quaternary nitrogens is 1. The number of thiophene rings is 1. The Kier molecular flexibility index (Phi) is 7.65. The molecule has 2 N–H and O–H groups in total. The van der Waals surface area contributed by atoms with E-state index in [1.165, 1.54) is 11.3 Å². The van der Waals surface area contributed by atoms with Crippen molar-refractivity contribution in [2.75, 3.05) is 31.5 Å².